The van der Waals surface area contributed by atoms with Crippen LogP contribution in [-0.2, 0) is 0 Å². The van der Waals surface area contributed by atoms with Gasteiger partial charge in [-0.3, -0.25) is 4.79 Å². The van der Waals surface area contributed by atoms with E-state index in [0.717, 1.165) is 19.5 Å². The highest BCUT2D eigenvalue weighted by Crippen LogP contribution is 2.12. The van der Waals surface area contributed by atoms with Crippen LogP contribution in [0, 0.1) is 5.92 Å². The molecule has 92 valence electrons. The average Bonchev–Trinajstić information content (AvgIpc) is 2.32. The van der Waals surface area contributed by atoms with Crippen molar-refractivity contribution in [3.05, 3.63) is 18.1 Å². The number of hydrogen-bond donors (Lipinski definition) is 3. The van der Waals surface area contributed by atoms with Crippen LogP contribution in [-0.4, -0.2) is 35.0 Å². The van der Waals surface area contributed by atoms with E-state index in [4.69, 9.17) is 5.73 Å². The second kappa shape index (κ2) is 5.09. The normalized spacial score (nSPS) is 24.3. The zero-order chi connectivity index (χ0) is 12.3. The Morgan fingerprint density at radius 1 is 1.53 bits per heavy atom. The van der Waals surface area contributed by atoms with Gasteiger partial charge in [-0.05, 0) is 25.4 Å². The number of amides is 1. The number of piperidine rings is 1. The molecule has 2 heterocycles. The number of anilines is 1. The maximum Gasteiger partial charge on any atom is 0.273 e. The minimum Gasteiger partial charge on any atom is -0.382 e. The summed E-state index contributed by atoms with van der Waals surface area (Å²) in [5, 5.41) is 6.25. The maximum atomic E-state index is 12.0. The SMILES string of the molecule is CC1CNCCC1NC(=O)c1nccnc1N. The van der Waals surface area contributed by atoms with Gasteiger partial charge in [-0.15, -0.1) is 0 Å². The molecule has 0 spiro atoms. The summed E-state index contributed by atoms with van der Waals surface area (Å²) in [6.07, 6.45) is 3.86. The van der Waals surface area contributed by atoms with Gasteiger partial charge in [0.05, 0.1) is 0 Å². The van der Waals surface area contributed by atoms with Crippen molar-refractivity contribution in [2.45, 2.75) is 19.4 Å². The van der Waals surface area contributed by atoms with E-state index in [9.17, 15) is 4.79 Å². The number of nitrogen functional groups attached to an aromatic ring is 1. The molecule has 0 radical (unpaired) electrons. The fourth-order valence-electron chi connectivity index (χ4n) is 1.99. The molecule has 1 saturated heterocycles. The Morgan fingerprint density at radius 3 is 3.00 bits per heavy atom. The van der Waals surface area contributed by atoms with Crippen molar-refractivity contribution in [3.8, 4) is 0 Å². The Balaban J connectivity index is 2.04. The van der Waals surface area contributed by atoms with Crippen molar-refractivity contribution in [1.82, 2.24) is 20.6 Å². The third kappa shape index (κ3) is 2.71. The first-order valence-electron chi connectivity index (χ1n) is 5.76. The van der Waals surface area contributed by atoms with Crippen molar-refractivity contribution < 1.29 is 4.79 Å². The smallest absolute Gasteiger partial charge is 0.273 e. The molecule has 2 rings (SSSR count). The Bertz CT molecular complexity index is 409. The lowest BCUT2D eigenvalue weighted by atomic mass is 9.95. The van der Waals surface area contributed by atoms with Crippen LogP contribution in [0.3, 0.4) is 0 Å². The van der Waals surface area contributed by atoms with E-state index in [1.165, 1.54) is 12.4 Å². The molecular weight excluding hydrogens is 218 g/mol. The topological polar surface area (TPSA) is 92.9 Å². The molecule has 1 aromatic heterocycles. The zero-order valence-electron chi connectivity index (χ0n) is 9.81. The van der Waals surface area contributed by atoms with Crippen molar-refractivity contribution in [1.29, 1.82) is 0 Å². The van der Waals surface area contributed by atoms with E-state index in [2.05, 4.69) is 27.5 Å². The van der Waals surface area contributed by atoms with E-state index < -0.39 is 0 Å². The van der Waals surface area contributed by atoms with Gasteiger partial charge in [0, 0.05) is 18.4 Å². The maximum absolute atomic E-state index is 12.0. The average molecular weight is 235 g/mol. The molecular formula is C11H17N5O. The second-order valence-electron chi connectivity index (χ2n) is 4.34. The molecule has 2 atom stereocenters. The first-order chi connectivity index (χ1) is 8.18. The van der Waals surface area contributed by atoms with E-state index in [0.29, 0.717) is 5.92 Å². The minimum absolute atomic E-state index is 0.171. The van der Waals surface area contributed by atoms with Crippen molar-refractivity contribution in [3.63, 3.8) is 0 Å². The van der Waals surface area contributed by atoms with Crippen molar-refractivity contribution in [2.24, 2.45) is 5.92 Å². The van der Waals surface area contributed by atoms with Crippen LogP contribution in [0.1, 0.15) is 23.8 Å². The molecule has 0 aromatic carbocycles. The van der Waals surface area contributed by atoms with E-state index >= 15 is 0 Å². The summed E-state index contributed by atoms with van der Waals surface area (Å²) in [6.45, 7) is 3.95. The van der Waals surface area contributed by atoms with E-state index in [1.807, 2.05) is 0 Å². The fourth-order valence-corrected chi connectivity index (χ4v) is 1.99. The first kappa shape index (κ1) is 11.8. The van der Waals surface area contributed by atoms with Crippen LogP contribution in [0.4, 0.5) is 5.82 Å². The first-order valence-corrected chi connectivity index (χ1v) is 5.76. The number of hydrogen-bond acceptors (Lipinski definition) is 5. The minimum atomic E-state index is -0.241. The van der Waals surface area contributed by atoms with Crippen LogP contribution in [0.15, 0.2) is 12.4 Å². The summed E-state index contributed by atoms with van der Waals surface area (Å²) < 4.78 is 0. The zero-order valence-corrected chi connectivity index (χ0v) is 9.81. The lowest BCUT2D eigenvalue weighted by molar-refractivity contribution is 0.0910. The molecule has 1 aliphatic heterocycles. The number of nitrogens with two attached hydrogens (primary N) is 1. The van der Waals surface area contributed by atoms with Crippen molar-refractivity contribution in [2.75, 3.05) is 18.8 Å². The van der Waals surface area contributed by atoms with Gasteiger partial charge in [0.15, 0.2) is 11.5 Å². The quantitative estimate of drug-likeness (QED) is 0.659. The molecule has 1 aromatic rings. The Hall–Kier alpha value is -1.69. The molecule has 1 fully saturated rings. The summed E-state index contributed by atoms with van der Waals surface area (Å²) in [4.78, 5) is 19.8. The predicted octanol–water partition coefficient (Wildman–Crippen LogP) is -0.213. The summed E-state index contributed by atoms with van der Waals surface area (Å²) in [6, 6.07) is 0.171. The molecule has 0 aliphatic carbocycles. The Kier molecular flexibility index (Phi) is 3.53. The molecule has 0 saturated carbocycles. The van der Waals surface area contributed by atoms with Gasteiger partial charge in [0.2, 0.25) is 0 Å². The van der Waals surface area contributed by atoms with Crippen LogP contribution in [0.25, 0.3) is 0 Å². The van der Waals surface area contributed by atoms with Crippen LogP contribution >= 0.6 is 0 Å². The molecule has 0 bridgehead atoms. The Morgan fingerprint density at radius 2 is 2.29 bits per heavy atom. The van der Waals surface area contributed by atoms with Gasteiger partial charge in [0.1, 0.15) is 0 Å². The highest BCUT2D eigenvalue weighted by molar-refractivity contribution is 5.96. The highest BCUT2D eigenvalue weighted by atomic mass is 16.2. The molecule has 6 heteroatoms. The number of rotatable bonds is 2. The van der Waals surface area contributed by atoms with Gasteiger partial charge in [0.25, 0.3) is 5.91 Å². The predicted molar refractivity (Wildman–Crippen MR) is 64.3 cm³/mol. The molecule has 2 unspecified atom stereocenters. The standard InChI is InChI=1S/C11H17N5O/c1-7-6-13-3-2-8(7)16-11(17)9-10(12)15-5-4-14-9/h4-5,7-8,13H,2-3,6H2,1H3,(H2,12,15)(H,16,17). The molecule has 17 heavy (non-hydrogen) atoms. The van der Waals surface area contributed by atoms with Crippen LogP contribution in [0.5, 0.6) is 0 Å². The largest absolute Gasteiger partial charge is 0.382 e. The second-order valence-corrected chi connectivity index (χ2v) is 4.34. The number of carbonyl (C=O) groups is 1. The number of aromatic nitrogens is 2. The summed E-state index contributed by atoms with van der Waals surface area (Å²) in [5.74, 6) is 0.339. The highest BCUT2D eigenvalue weighted by Gasteiger charge is 2.24. The number of nitrogens with one attached hydrogen (secondary N) is 2. The van der Waals surface area contributed by atoms with Gasteiger partial charge < -0.3 is 16.4 Å². The number of carbonyl (C=O) groups excluding carboxylic acids is 1. The lowest BCUT2D eigenvalue weighted by Gasteiger charge is -2.30. The van der Waals surface area contributed by atoms with Gasteiger partial charge in [-0.25, -0.2) is 9.97 Å². The molecule has 1 aliphatic rings. The van der Waals surface area contributed by atoms with E-state index in [1.54, 1.807) is 0 Å². The number of nitrogens with zero attached hydrogens (tertiary/aromatic N) is 2. The van der Waals surface area contributed by atoms with Crippen molar-refractivity contribution >= 4 is 11.7 Å². The van der Waals surface area contributed by atoms with Gasteiger partial charge >= 0.3 is 0 Å². The van der Waals surface area contributed by atoms with Gasteiger partial charge in [-0.1, -0.05) is 6.92 Å². The Labute approximate surface area is 100 Å². The molecule has 1 amide bonds. The summed E-state index contributed by atoms with van der Waals surface area (Å²) in [7, 11) is 0. The molecule has 4 N–H and O–H groups in total. The summed E-state index contributed by atoms with van der Waals surface area (Å²) >= 11 is 0. The third-order valence-electron chi connectivity index (χ3n) is 3.04. The van der Waals surface area contributed by atoms with Gasteiger partial charge in [-0.2, -0.15) is 0 Å². The lowest BCUT2D eigenvalue weighted by Crippen LogP contribution is -2.48. The third-order valence-corrected chi connectivity index (χ3v) is 3.04. The monoisotopic (exact) mass is 235 g/mol. The van der Waals surface area contributed by atoms with Crippen LogP contribution < -0.4 is 16.4 Å². The van der Waals surface area contributed by atoms with E-state index in [-0.39, 0.29) is 23.5 Å². The molecule has 6 nitrogen and oxygen atoms in total. The fraction of sp³-hybridized carbons (Fsp3) is 0.545. The van der Waals surface area contributed by atoms with Crippen LogP contribution in [0.2, 0.25) is 0 Å². The summed E-state index contributed by atoms with van der Waals surface area (Å²) in [5.41, 5.74) is 5.82.